The summed E-state index contributed by atoms with van der Waals surface area (Å²) in [4.78, 5) is 27.0. The number of amides is 2. The molecular weight excluding hydrogens is 461 g/mol. The van der Waals surface area contributed by atoms with E-state index < -0.39 is 46.0 Å². The van der Waals surface area contributed by atoms with Crippen molar-refractivity contribution in [1.29, 1.82) is 5.26 Å². The van der Waals surface area contributed by atoms with Gasteiger partial charge in [-0.05, 0) is 43.9 Å². The number of carbonyl (C=O) groups is 2. The van der Waals surface area contributed by atoms with E-state index in [0.29, 0.717) is 19.4 Å². The van der Waals surface area contributed by atoms with Gasteiger partial charge in [-0.15, -0.1) is 0 Å². The molecule has 12 heteroatoms. The van der Waals surface area contributed by atoms with Crippen LogP contribution in [0.1, 0.15) is 36.0 Å². The van der Waals surface area contributed by atoms with Gasteiger partial charge in [-0.2, -0.15) is 22.7 Å². The van der Waals surface area contributed by atoms with Crippen LogP contribution in [0.3, 0.4) is 0 Å². The average Bonchev–Trinajstić information content (AvgIpc) is 3.18. The Morgan fingerprint density at radius 3 is 2.52 bits per heavy atom. The molecule has 4 rings (SSSR count). The first-order chi connectivity index (χ1) is 15.5. The van der Waals surface area contributed by atoms with Crippen LogP contribution in [0.25, 0.3) is 0 Å². The van der Waals surface area contributed by atoms with Crippen LogP contribution in [0.5, 0.6) is 0 Å². The van der Waals surface area contributed by atoms with E-state index >= 15 is 0 Å². The monoisotopic (exact) mass is 484 g/mol. The molecule has 8 nitrogen and oxygen atoms in total. The second-order valence-corrected chi connectivity index (χ2v) is 10.7. The van der Waals surface area contributed by atoms with Crippen molar-refractivity contribution in [3.05, 3.63) is 29.8 Å². The number of likely N-dealkylation sites (tertiary alicyclic amines) is 1. The van der Waals surface area contributed by atoms with Crippen molar-refractivity contribution >= 4 is 21.8 Å². The van der Waals surface area contributed by atoms with Gasteiger partial charge in [0.2, 0.25) is 15.9 Å². The van der Waals surface area contributed by atoms with E-state index in [2.05, 4.69) is 5.32 Å². The summed E-state index contributed by atoms with van der Waals surface area (Å²) in [5.74, 6) is -2.76. The zero-order valence-electron chi connectivity index (χ0n) is 17.6. The van der Waals surface area contributed by atoms with Gasteiger partial charge in [0.25, 0.3) is 5.91 Å². The van der Waals surface area contributed by atoms with Gasteiger partial charge in [-0.25, -0.2) is 8.42 Å². The molecule has 1 atom stereocenters. The lowest BCUT2D eigenvalue weighted by Gasteiger charge is -2.38. The highest BCUT2D eigenvalue weighted by molar-refractivity contribution is 7.89. The molecule has 2 heterocycles. The predicted octanol–water partition coefficient (Wildman–Crippen LogP) is 1.89. The zero-order valence-corrected chi connectivity index (χ0v) is 18.4. The first-order valence-corrected chi connectivity index (χ1v) is 12.1. The zero-order chi connectivity index (χ0) is 24.0. The molecule has 1 aromatic carbocycles. The van der Waals surface area contributed by atoms with Gasteiger partial charge in [0.05, 0.1) is 22.8 Å². The van der Waals surface area contributed by atoms with E-state index in [1.54, 1.807) is 0 Å². The lowest BCUT2D eigenvalue weighted by Crippen LogP contribution is -2.54. The standard InChI is InChI=1S/C21H23F3N4O4S/c22-21(23,24)15-8-16(9-15)26-19(29)18-5-2-6-28(18)20(30)14-3-1-4-17(7-14)33(31,32)27-11-13(10-25)12-27/h1,3-4,7,13,15-16,18H,2,5-6,8-9,11-12H2,(H,26,29)/t15?,16?,18-/m1/s1. The maximum absolute atomic E-state index is 13.1. The van der Waals surface area contributed by atoms with Crippen LogP contribution in [0.15, 0.2) is 29.2 Å². The van der Waals surface area contributed by atoms with Crippen molar-refractivity contribution in [1.82, 2.24) is 14.5 Å². The topological polar surface area (TPSA) is 111 Å². The number of hydrogen-bond donors (Lipinski definition) is 1. The van der Waals surface area contributed by atoms with E-state index in [4.69, 9.17) is 5.26 Å². The number of benzene rings is 1. The summed E-state index contributed by atoms with van der Waals surface area (Å²) in [6.45, 7) is 0.489. The Bertz CT molecular complexity index is 1090. The summed E-state index contributed by atoms with van der Waals surface area (Å²) in [7, 11) is -3.84. The maximum atomic E-state index is 13.1. The molecule has 1 aromatic rings. The molecule has 1 aliphatic carbocycles. The van der Waals surface area contributed by atoms with E-state index in [-0.39, 0.29) is 42.3 Å². The van der Waals surface area contributed by atoms with Gasteiger partial charge < -0.3 is 10.2 Å². The second kappa shape index (κ2) is 8.61. The minimum atomic E-state index is -4.27. The third kappa shape index (κ3) is 4.56. The van der Waals surface area contributed by atoms with Crippen LogP contribution >= 0.6 is 0 Å². The van der Waals surface area contributed by atoms with Crippen molar-refractivity contribution in [2.75, 3.05) is 19.6 Å². The summed E-state index contributed by atoms with van der Waals surface area (Å²) in [5.41, 5.74) is 0.105. The molecule has 2 amide bonds. The summed E-state index contributed by atoms with van der Waals surface area (Å²) in [6, 6.07) is 6.16. The van der Waals surface area contributed by atoms with E-state index in [1.807, 2.05) is 6.07 Å². The fraction of sp³-hybridized carbons (Fsp3) is 0.571. The molecule has 178 valence electrons. The number of nitrogens with one attached hydrogen (secondary N) is 1. The third-order valence-corrected chi connectivity index (χ3v) is 8.34. The number of nitriles is 1. The van der Waals surface area contributed by atoms with Crippen molar-refractivity contribution in [3.63, 3.8) is 0 Å². The van der Waals surface area contributed by atoms with Gasteiger partial charge in [0, 0.05) is 31.2 Å². The SMILES string of the molecule is N#CC1CN(S(=O)(=O)c2cccc(C(=O)N3CCC[C@@H]3C(=O)NC3CC(C(F)(F)F)C3)c2)C1. The lowest BCUT2D eigenvalue weighted by atomic mass is 9.79. The first-order valence-electron chi connectivity index (χ1n) is 10.7. The van der Waals surface area contributed by atoms with E-state index in [0.717, 1.165) is 0 Å². The number of rotatable bonds is 5. The number of alkyl halides is 3. The van der Waals surface area contributed by atoms with Crippen LogP contribution in [0, 0.1) is 23.2 Å². The minimum Gasteiger partial charge on any atom is -0.352 e. The van der Waals surface area contributed by atoms with Gasteiger partial charge in [-0.1, -0.05) is 6.07 Å². The van der Waals surface area contributed by atoms with E-state index in [1.165, 1.54) is 33.5 Å². The highest BCUT2D eigenvalue weighted by Gasteiger charge is 2.49. The molecule has 0 aromatic heterocycles. The van der Waals surface area contributed by atoms with Crippen LogP contribution in [-0.4, -0.2) is 67.3 Å². The molecule has 0 unspecified atom stereocenters. The highest BCUT2D eigenvalue weighted by atomic mass is 32.2. The molecule has 3 fully saturated rings. The Labute approximate surface area is 189 Å². The van der Waals surface area contributed by atoms with E-state index in [9.17, 15) is 31.2 Å². The molecular formula is C21H23F3N4O4S. The maximum Gasteiger partial charge on any atom is 0.391 e. The quantitative estimate of drug-likeness (QED) is 0.686. The first kappa shape index (κ1) is 23.5. The smallest absolute Gasteiger partial charge is 0.352 e. The van der Waals surface area contributed by atoms with Crippen LogP contribution in [0.4, 0.5) is 13.2 Å². The molecule has 2 saturated heterocycles. The summed E-state index contributed by atoms with van der Waals surface area (Å²) in [6.07, 6.45) is -3.67. The molecule has 0 radical (unpaired) electrons. The molecule has 33 heavy (non-hydrogen) atoms. The van der Waals surface area contributed by atoms with Crippen molar-refractivity contribution in [2.45, 2.75) is 48.8 Å². The number of nitrogens with zero attached hydrogens (tertiary/aromatic N) is 3. The molecule has 1 saturated carbocycles. The summed E-state index contributed by atoms with van der Waals surface area (Å²) < 4.78 is 64.7. The molecule has 1 N–H and O–H groups in total. The summed E-state index contributed by atoms with van der Waals surface area (Å²) in [5, 5.41) is 11.5. The van der Waals surface area contributed by atoms with Crippen LogP contribution in [0.2, 0.25) is 0 Å². The Balaban J connectivity index is 1.42. The van der Waals surface area contributed by atoms with Crippen molar-refractivity contribution in [2.24, 2.45) is 11.8 Å². The number of halogens is 3. The third-order valence-electron chi connectivity index (χ3n) is 6.51. The second-order valence-electron chi connectivity index (χ2n) is 8.75. The normalized spacial score (nSPS) is 26.2. The average molecular weight is 485 g/mol. The Morgan fingerprint density at radius 2 is 1.88 bits per heavy atom. The minimum absolute atomic E-state index is 0.0717. The van der Waals surface area contributed by atoms with Crippen molar-refractivity contribution < 1.29 is 31.2 Å². The van der Waals surface area contributed by atoms with Gasteiger partial charge in [0.15, 0.2) is 0 Å². The molecule has 0 bridgehead atoms. The predicted molar refractivity (Wildman–Crippen MR) is 109 cm³/mol. The number of carbonyl (C=O) groups excluding carboxylic acids is 2. The van der Waals surface area contributed by atoms with Crippen LogP contribution in [-0.2, 0) is 14.8 Å². The molecule has 2 aliphatic heterocycles. The molecule has 0 spiro atoms. The van der Waals surface area contributed by atoms with Crippen LogP contribution < -0.4 is 5.32 Å². The molecule has 3 aliphatic rings. The number of sulfonamides is 1. The Kier molecular flexibility index (Phi) is 6.13. The largest absolute Gasteiger partial charge is 0.391 e. The van der Waals surface area contributed by atoms with Gasteiger partial charge in [-0.3, -0.25) is 9.59 Å². The summed E-state index contributed by atoms with van der Waals surface area (Å²) >= 11 is 0. The van der Waals surface area contributed by atoms with Crippen molar-refractivity contribution in [3.8, 4) is 6.07 Å². The fourth-order valence-corrected chi connectivity index (χ4v) is 5.98. The lowest BCUT2D eigenvalue weighted by molar-refractivity contribution is -0.199. The van der Waals surface area contributed by atoms with Gasteiger partial charge >= 0.3 is 6.18 Å². The Hall–Kier alpha value is -2.65. The Morgan fingerprint density at radius 1 is 1.18 bits per heavy atom. The highest BCUT2D eigenvalue weighted by Crippen LogP contribution is 2.41. The fourth-order valence-electron chi connectivity index (χ4n) is 4.40. The number of hydrogen-bond acceptors (Lipinski definition) is 5. The van der Waals surface area contributed by atoms with Gasteiger partial charge in [0.1, 0.15) is 6.04 Å².